The summed E-state index contributed by atoms with van der Waals surface area (Å²) >= 11 is 18.1. The van der Waals surface area contributed by atoms with Crippen molar-refractivity contribution in [1.29, 1.82) is 0 Å². The first-order valence-electron chi connectivity index (χ1n) is 11.8. The van der Waals surface area contributed by atoms with Crippen molar-refractivity contribution in [2.24, 2.45) is 0 Å². The Balaban J connectivity index is 1.27. The molecule has 0 aliphatic carbocycles. The molecule has 2 aromatic carbocycles. The molecule has 0 unspecified atom stereocenters. The van der Waals surface area contributed by atoms with Crippen LogP contribution in [-0.2, 0) is 23.1 Å². The van der Waals surface area contributed by atoms with Crippen LogP contribution in [0.2, 0.25) is 10.2 Å². The Kier molecular flexibility index (Phi) is 7.39. The van der Waals surface area contributed by atoms with Gasteiger partial charge in [-0.1, -0.05) is 59.6 Å². The Morgan fingerprint density at radius 1 is 1.03 bits per heavy atom. The summed E-state index contributed by atoms with van der Waals surface area (Å²) in [6.07, 6.45) is 2.77. The first-order valence-corrected chi connectivity index (χ1v) is 12.9. The number of hydrogen-bond acceptors (Lipinski definition) is 5. The van der Waals surface area contributed by atoms with Gasteiger partial charge >= 0.3 is 0 Å². The molecule has 1 fully saturated rings. The highest BCUT2D eigenvalue weighted by Gasteiger charge is 2.34. The van der Waals surface area contributed by atoms with E-state index in [1.807, 2.05) is 12.1 Å². The fraction of sp³-hybridized carbons (Fsp3) is 0.346. The van der Waals surface area contributed by atoms with Crippen LogP contribution in [0.15, 0.2) is 54.6 Å². The van der Waals surface area contributed by atoms with Crippen LogP contribution in [0, 0.1) is 0 Å². The summed E-state index contributed by atoms with van der Waals surface area (Å²) in [7, 11) is 0. The van der Waals surface area contributed by atoms with Crippen molar-refractivity contribution >= 4 is 52.3 Å². The molecule has 6 nitrogen and oxygen atoms in total. The summed E-state index contributed by atoms with van der Waals surface area (Å²) in [5.74, 6) is 1.17. The normalized spacial score (nSPS) is 16.9. The fourth-order valence-electron chi connectivity index (χ4n) is 4.84. The molecule has 2 aliphatic rings. The van der Waals surface area contributed by atoms with Gasteiger partial charge in [0.2, 0.25) is 5.95 Å². The minimum Gasteiger partial charge on any atom is -0.381 e. The van der Waals surface area contributed by atoms with Crippen LogP contribution in [0.4, 0.5) is 11.8 Å². The van der Waals surface area contributed by atoms with Crippen molar-refractivity contribution in [3.05, 3.63) is 81.5 Å². The van der Waals surface area contributed by atoms with Crippen molar-refractivity contribution in [3.63, 3.8) is 0 Å². The molecule has 35 heavy (non-hydrogen) atoms. The van der Waals surface area contributed by atoms with E-state index < -0.39 is 0 Å². The SMILES string of the molecule is S=C(NCC1(c2ccc(Cl)cc2)CCOCC1)Nc1nc(Cl)cc(N2CCc3ccccc3C2)n1. The van der Waals surface area contributed by atoms with E-state index in [2.05, 4.69) is 56.9 Å². The Morgan fingerprint density at radius 2 is 1.77 bits per heavy atom. The van der Waals surface area contributed by atoms with E-state index >= 15 is 0 Å². The number of hydrogen-bond donors (Lipinski definition) is 2. The van der Waals surface area contributed by atoms with Crippen molar-refractivity contribution < 1.29 is 4.74 Å². The van der Waals surface area contributed by atoms with Crippen LogP contribution in [0.1, 0.15) is 29.5 Å². The largest absolute Gasteiger partial charge is 0.381 e. The summed E-state index contributed by atoms with van der Waals surface area (Å²) in [6, 6.07) is 18.4. The van der Waals surface area contributed by atoms with Crippen LogP contribution in [0.25, 0.3) is 0 Å². The Hall–Kier alpha value is -2.45. The first-order chi connectivity index (χ1) is 17.0. The zero-order valence-electron chi connectivity index (χ0n) is 19.3. The molecule has 0 atom stereocenters. The maximum atomic E-state index is 6.36. The van der Waals surface area contributed by atoms with Crippen LogP contribution in [0.5, 0.6) is 0 Å². The minimum absolute atomic E-state index is 0.0872. The van der Waals surface area contributed by atoms with Crippen molar-refractivity contribution in [1.82, 2.24) is 15.3 Å². The molecular formula is C26H27Cl2N5OS. The Labute approximate surface area is 221 Å². The maximum absolute atomic E-state index is 6.36. The topological polar surface area (TPSA) is 62.3 Å². The quantitative estimate of drug-likeness (QED) is 0.341. The summed E-state index contributed by atoms with van der Waals surface area (Å²) in [5.41, 5.74) is 3.84. The minimum atomic E-state index is -0.0872. The molecule has 9 heteroatoms. The number of thiocarbonyl (C=S) groups is 1. The molecule has 3 aromatic rings. The number of benzene rings is 2. The predicted molar refractivity (Wildman–Crippen MR) is 146 cm³/mol. The average Bonchev–Trinajstić information content (AvgIpc) is 2.88. The lowest BCUT2D eigenvalue weighted by atomic mass is 9.74. The monoisotopic (exact) mass is 527 g/mol. The highest BCUT2D eigenvalue weighted by atomic mass is 35.5. The molecule has 5 rings (SSSR count). The van der Waals surface area contributed by atoms with Gasteiger partial charge in [0.25, 0.3) is 0 Å². The number of ether oxygens (including phenoxy) is 1. The third-order valence-electron chi connectivity index (χ3n) is 6.86. The number of fused-ring (bicyclic) bond motifs is 1. The molecule has 3 heterocycles. The Bertz CT molecular complexity index is 1200. The highest BCUT2D eigenvalue weighted by molar-refractivity contribution is 7.80. The van der Waals surface area contributed by atoms with Gasteiger partial charge in [-0.2, -0.15) is 4.98 Å². The zero-order chi connectivity index (χ0) is 24.3. The predicted octanol–water partition coefficient (Wildman–Crippen LogP) is 5.38. The van der Waals surface area contributed by atoms with Gasteiger partial charge in [0.1, 0.15) is 11.0 Å². The molecule has 2 aliphatic heterocycles. The van der Waals surface area contributed by atoms with E-state index in [1.165, 1.54) is 16.7 Å². The van der Waals surface area contributed by atoms with Gasteiger partial charge in [-0.25, -0.2) is 4.98 Å². The lowest BCUT2D eigenvalue weighted by molar-refractivity contribution is 0.0515. The first kappa shape index (κ1) is 24.3. The van der Waals surface area contributed by atoms with Gasteiger partial charge in [-0.15, -0.1) is 0 Å². The van der Waals surface area contributed by atoms with Crippen LogP contribution in [-0.4, -0.2) is 41.4 Å². The molecule has 0 radical (unpaired) electrons. The van der Waals surface area contributed by atoms with E-state index in [0.717, 1.165) is 43.2 Å². The standard InChI is InChI=1S/C26H27Cl2N5OS/c27-21-7-5-20(6-8-21)26(10-13-34-14-11-26)17-29-25(35)32-24-30-22(28)15-23(31-24)33-12-9-18-3-1-2-4-19(18)16-33/h1-8,15H,9-14,16-17H2,(H2,29,30,31,32,35). The van der Waals surface area contributed by atoms with Gasteiger partial charge in [0, 0.05) is 49.4 Å². The van der Waals surface area contributed by atoms with Gasteiger partial charge in [-0.05, 0) is 60.3 Å². The van der Waals surface area contributed by atoms with Crippen LogP contribution < -0.4 is 15.5 Å². The van der Waals surface area contributed by atoms with E-state index in [0.29, 0.717) is 36.0 Å². The summed E-state index contributed by atoms with van der Waals surface area (Å²) in [4.78, 5) is 11.3. The molecule has 182 valence electrons. The van der Waals surface area contributed by atoms with Crippen LogP contribution >= 0.6 is 35.4 Å². The number of rotatable bonds is 5. The zero-order valence-corrected chi connectivity index (χ0v) is 21.6. The second-order valence-corrected chi connectivity index (χ2v) is 10.3. The number of anilines is 2. The van der Waals surface area contributed by atoms with E-state index in [4.69, 9.17) is 45.1 Å². The molecule has 0 saturated carbocycles. The van der Waals surface area contributed by atoms with Gasteiger partial charge < -0.3 is 20.3 Å². The fourth-order valence-corrected chi connectivity index (χ4v) is 5.31. The summed E-state index contributed by atoms with van der Waals surface area (Å²) in [6.45, 7) is 3.75. The van der Waals surface area contributed by atoms with Crippen molar-refractivity contribution in [2.45, 2.75) is 31.2 Å². The van der Waals surface area contributed by atoms with Gasteiger partial charge in [-0.3, -0.25) is 0 Å². The number of halogens is 2. The second kappa shape index (κ2) is 10.7. The molecule has 1 saturated heterocycles. The molecule has 0 amide bonds. The lowest BCUT2D eigenvalue weighted by Gasteiger charge is -2.38. The molecule has 1 aromatic heterocycles. The average molecular weight is 529 g/mol. The number of nitrogens with zero attached hydrogens (tertiary/aromatic N) is 3. The number of aromatic nitrogens is 2. The number of nitrogens with one attached hydrogen (secondary N) is 2. The van der Waals surface area contributed by atoms with Crippen molar-refractivity contribution in [3.8, 4) is 0 Å². The Morgan fingerprint density at radius 3 is 2.54 bits per heavy atom. The van der Waals surface area contributed by atoms with Gasteiger partial charge in [0.05, 0.1) is 0 Å². The van der Waals surface area contributed by atoms with E-state index in [9.17, 15) is 0 Å². The van der Waals surface area contributed by atoms with Crippen molar-refractivity contribution in [2.75, 3.05) is 36.5 Å². The second-order valence-electron chi connectivity index (χ2n) is 9.02. The summed E-state index contributed by atoms with van der Waals surface area (Å²) in [5, 5.41) is 8.08. The molecule has 2 N–H and O–H groups in total. The highest BCUT2D eigenvalue weighted by Crippen LogP contribution is 2.35. The molecular weight excluding hydrogens is 501 g/mol. The summed E-state index contributed by atoms with van der Waals surface area (Å²) < 4.78 is 5.64. The third kappa shape index (κ3) is 5.70. The third-order valence-corrected chi connectivity index (χ3v) is 7.55. The van der Waals surface area contributed by atoms with E-state index in [-0.39, 0.29) is 5.41 Å². The lowest BCUT2D eigenvalue weighted by Crippen LogP contribution is -2.45. The van der Waals surface area contributed by atoms with Gasteiger partial charge in [0.15, 0.2) is 5.11 Å². The van der Waals surface area contributed by atoms with E-state index in [1.54, 1.807) is 6.07 Å². The van der Waals surface area contributed by atoms with Crippen LogP contribution in [0.3, 0.4) is 0 Å². The smallest absolute Gasteiger partial charge is 0.232 e. The maximum Gasteiger partial charge on any atom is 0.232 e. The molecule has 0 spiro atoms. The molecule has 0 bridgehead atoms.